The van der Waals surface area contributed by atoms with Gasteiger partial charge in [-0.15, -0.1) is 0 Å². The minimum Gasteiger partial charge on any atom is -0.481 e. The van der Waals surface area contributed by atoms with Crippen molar-refractivity contribution in [1.29, 1.82) is 0 Å². The molecule has 0 aliphatic carbocycles. The molecule has 0 bridgehead atoms. The van der Waals surface area contributed by atoms with Gasteiger partial charge in [0.2, 0.25) is 10.0 Å². The summed E-state index contributed by atoms with van der Waals surface area (Å²) in [5.74, 6) is 0.330. The molecule has 0 saturated heterocycles. The molecule has 3 aromatic carbocycles. The highest BCUT2D eigenvalue weighted by Crippen LogP contribution is 2.23. The van der Waals surface area contributed by atoms with Crippen molar-refractivity contribution in [3.8, 4) is 5.75 Å². The fourth-order valence-corrected chi connectivity index (χ4v) is 3.42. The molecule has 0 unspecified atom stereocenters. The normalized spacial score (nSPS) is 12.4. The lowest BCUT2D eigenvalue weighted by atomic mass is 10.1. The van der Waals surface area contributed by atoms with Gasteiger partial charge in [0.25, 0.3) is 5.91 Å². The summed E-state index contributed by atoms with van der Waals surface area (Å²) in [6, 6.07) is 20.3. The Morgan fingerprint density at radius 2 is 1.76 bits per heavy atom. The highest BCUT2D eigenvalue weighted by atomic mass is 32.2. The van der Waals surface area contributed by atoms with E-state index in [1.165, 1.54) is 7.05 Å². The maximum absolute atomic E-state index is 12.7. The lowest BCUT2D eigenvalue weighted by Crippen LogP contribution is -2.32. The average molecular weight is 413 g/mol. The number of fused-ring (bicyclic) bond motifs is 1. The Morgan fingerprint density at radius 1 is 1.03 bits per heavy atom. The van der Waals surface area contributed by atoms with Gasteiger partial charge in [0.1, 0.15) is 5.75 Å². The number of benzene rings is 3. The predicted molar refractivity (Wildman–Crippen MR) is 117 cm³/mol. The number of hydrogen-bond acceptors (Lipinski definition) is 4. The number of nitrogens with zero attached hydrogens (tertiary/aromatic N) is 1. The zero-order valence-corrected chi connectivity index (χ0v) is 17.4. The van der Waals surface area contributed by atoms with Crippen molar-refractivity contribution in [2.24, 2.45) is 0 Å². The summed E-state index contributed by atoms with van der Waals surface area (Å²) in [4.78, 5) is 12.7. The predicted octanol–water partition coefficient (Wildman–Crippen LogP) is 4.03. The maximum atomic E-state index is 12.7. The van der Waals surface area contributed by atoms with Crippen molar-refractivity contribution in [3.63, 3.8) is 0 Å². The molecule has 3 aromatic rings. The second-order valence-electron chi connectivity index (χ2n) is 6.79. The van der Waals surface area contributed by atoms with E-state index in [0.29, 0.717) is 23.5 Å². The Balaban J connectivity index is 1.74. The molecule has 0 fully saturated rings. The SMILES string of the molecule is CC[C@H](Oc1ccc2ccccc2c1)C(=O)Nc1cccc(N(C)S(C)(=O)=O)c1. The van der Waals surface area contributed by atoms with E-state index in [4.69, 9.17) is 4.74 Å². The van der Waals surface area contributed by atoms with Gasteiger partial charge in [0, 0.05) is 12.7 Å². The van der Waals surface area contributed by atoms with E-state index in [9.17, 15) is 13.2 Å². The zero-order valence-electron chi connectivity index (χ0n) is 16.6. The number of rotatable bonds is 7. The van der Waals surface area contributed by atoms with Gasteiger partial charge in [0.05, 0.1) is 11.9 Å². The average Bonchev–Trinajstić information content (AvgIpc) is 2.70. The second-order valence-corrected chi connectivity index (χ2v) is 8.81. The second kappa shape index (κ2) is 8.53. The minimum atomic E-state index is -3.38. The van der Waals surface area contributed by atoms with E-state index < -0.39 is 16.1 Å². The zero-order chi connectivity index (χ0) is 21.0. The summed E-state index contributed by atoms with van der Waals surface area (Å²) in [6.07, 6.45) is 0.942. The first kappa shape index (κ1) is 20.7. The number of anilines is 2. The Kier molecular flexibility index (Phi) is 6.08. The van der Waals surface area contributed by atoms with Crippen molar-refractivity contribution >= 4 is 38.1 Å². The summed E-state index contributed by atoms with van der Waals surface area (Å²) in [5, 5.41) is 4.95. The van der Waals surface area contributed by atoms with Crippen LogP contribution in [0.25, 0.3) is 10.8 Å². The third kappa shape index (κ3) is 5.06. The van der Waals surface area contributed by atoms with Crippen molar-refractivity contribution in [2.45, 2.75) is 19.4 Å². The van der Waals surface area contributed by atoms with Gasteiger partial charge in [-0.1, -0.05) is 43.3 Å². The Labute approximate surface area is 171 Å². The molecule has 1 amide bonds. The first-order valence-corrected chi connectivity index (χ1v) is 11.1. The van der Waals surface area contributed by atoms with Gasteiger partial charge in [-0.25, -0.2) is 8.42 Å². The number of amides is 1. The van der Waals surface area contributed by atoms with E-state index in [-0.39, 0.29) is 5.91 Å². The fraction of sp³-hybridized carbons (Fsp3) is 0.227. The molecule has 0 radical (unpaired) electrons. The molecule has 29 heavy (non-hydrogen) atoms. The summed E-state index contributed by atoms with van der Waals surface area (Å²) in [6.45, 7) is 1.87. The molecule has 3 rings (SSSR count). The van der Waals surface area contributed by atoms with Crippen LogP contribution in [0.5, 0.6) is 5.75 Å². The molecule has 7 heteroatoms. The van der Waals surface area contributed by atoms with Crippen LogP contribution in [0, 0.1) is 0 Å². The Bertz CT molecular complexity index is 1130. The number of nitrogens with one attached hydrogen (secondary N) is 1. The fourth-order valence-electron chi connectivity index (χ4n) is 2.92. The van der Waals surface area contributed by atoms with Crippen molar-refractivity contribution < 1.29 is 17.9 Å². The van der Waals surface area contributed by atoms with E-state index in [2.05, 4.69) is 5.32 Å². The summed E-state index contributed by atoms with van der Waals surface area (Å²) in [5.41, 5.74) is 0.970. The van der Waals surface area contributed by atoms with Crippen LogP contribution in [0.3, 0.4) is 0 Å². The maximum Gasteiger partial charge on any atom is 0.265 e. The van der Waals surface area contributed by atoms with Gasteiger partial charge in [-0.05, 0) is 47.5 Å². The molecular formula is C22H24N2O4S. The van der Waals surface area contributed by atoms with E-state index in [1.807, 2.05) is 49.4 Å². The van der Waals surface area contributed by atoms with Gasteiger partial charge in [-0.2, -0.15) is 0 Å². The Morgan fingerprint density at radius 3 is 2.45 bits per heavy atom. The number of carbonyl (C=O) groups excluding carboxylic acids is 1. The summed E-state index contributed by atoms with van der Waals surface area (Å²) in [7, 11) is -1.92. The monoisotopic (exact) mass is 412 g/mol. The summed E-state index contributed by atoms with van der Waals surface area (Å²) >= 11 is 0. The number of hydrogen-bond donors (Lipinski definition) is 1. The largest absolute Gasteiger partial charge is 0.481 e. The molecule has 0 heterocycles. The van der Waals surface area contributed by atoms with E-state index >= 15 is 0 Å². The highest BCUT2D eigenvalue weighted by molar-refractivity contribution is 7.92. The van der Waals surface area contributed by atoms with Crippen LogP contribution in [0.2, 0.25) is 0 Å². The van der Waals surface area contributed by atoms with Crippen molar-refractivity contribution in [1.82, 2.24) is 0 Å². The molecule has 0 aromatic heterocycles. The molecule has 0 saturated carbocycles. The topological polar surface area (TPSA) is 75.7 Å². The molecule has 0 spiro atoms. The first-order chi connectivity index (χ1) is 13.8. The van der Waals surface area contributed by atoms with Gasteiger partial charge >= 0.3 is 0 Å². The molecular weight excluding hydrogens is 388 g/mol. The molecule has 6 nitrogen and oxygen atoms in total. The van der Waals surface area contributed by atoms with Gasteiger partial charge < -0.3 is 10.1 Å². The third-order valence-corrected chi connectivity index (χ3v) is 5.84. The molecule has 0 aliphatic rings. The number of ether oxygens (including phenoxy) is 1. The molecule has 0 aliphatic heterocycles. The van der Waals surface area contributed by atoms with Crippen LogP contribution in [-0.4, -0.2) is 33.7 Å². The third-order valence-electron chi connectivity index (χ3n) is 4.64. The minimum absolute atomic E-state index is 0.292. The van der Waals surface area contributed by atoms with Gasteiger partial charge in [-0.3, -0.25) is 9.10 Å². The quantitative estimate of drug-likeness (QED) is 0.636. The van der Waals surface area contributed by atoms with Crippen LogP contribution in [0.1, 0.15) is 13.3 Å². The standard InChI is InChI=1S/C22H24N2O4S/c1-4-21(28-20-13-12-16-8-5-6-9-17(16)14-20)22(25)23-18-10-7-11-19(15-18)24(2)29(3,26)27/h5-15,21H,4H2,1-3H3,(H,23,25)/t21-/m0/s1. The van der Waals surface area contributed by atoms with Crippen LogP contribution >= 0.6 is 0 Å². The van der Waals surface area contributed by atoms with E-state index in [1.54, 1.807) is 24.3 Å². The van der Waals surface area contributed by atoms with Crippen molar-refractivity contribution in [2.75, 3.05) is 22.9 Å². The summed E-state index contributed by atoms with van der Waals surface area (Å²) < 4.78 is 30.5. The Hall–Kier alpha value is -3.06. The molecule has 152 valence electrons. The van der Waals surface area contributed by atoms with Gasteiger partial charge in [0.15, 0.2) is 6.10 Å². The van der Waals surface area contributed by atoms with Crippen molar-refractivity contribution in [3.05, 3.63) is 66.7 Å². The molecule has 1 N–H and O–H groups in total. The van der Waals surface area contributed by atoms with Crippen LogP contribution in [0.4, 0.5) is 11.4 Å². The smallest absolute Gasteiger partial charge is 0.265 e. The lowest BCUT2D eigenvalue weighted by Gasteiger charge is -2.20. The lowest BCUT2D eigenvalue weighted by molar-refractivity contribution is -0.122. The number of carbonyl (C=O) groups is 1. The van der Waals surface area contributed by atoms with E-state index in [0.717, 1.165) is 21.3 Å². The van der Waals surface area contributed by atoms with Crippen LogP contribution in [-0.2, 0) is 14.8 Å². The first-order valence-electron chi connectivity index (χ1n) is 9.28. The molecule has 1 atom stereocenters. The highest BCUT2D eigenvalue weighted by Gasteiger charge is 2.19. The number of sulfonamides is 1. The van der Waals surface area contributed by atoms with Crippen LogP contribution < -0.4 is 14.4 Å². The van der Waals surface area contributed by atoms with Crippen LogP contribution in [0.15, 0.2) is 66.7 Å².